The molecule has 9 heavy (non-hydrogen) atoms. The summed E-state index contributed by atoms with van der Waals surface area (Å²) < 4.78 is 0.350. The minimum Gasteiger partial charge on any atom is -0.296 e. The van der Waals surface area contributed by atoms with E-state index < -0.39 is 0 Å². The summed E-state index contributed by atoms with van der Waals surface area (Å²) in [5.74, 6) is 0. The third kappa shape index (κ3) is 4.24. The predicted molar refractivity (Wildman–Crippen MR) is 42.0 cm³/mol. The molecule has 0 spiro atoms. The second-order valence-electron chi connectivity index (χ2n) is 1.14. The fraction of sp³-hybridized carbons (Fsp3) is 0.200. The van der Waals surface area contributed by atoms with Gasteiger partial charge >= 0.3 is 0 Å². The number of thioether (sulfide) groups is 1. The number of hydrogen-bond donors (Lipinski definition) is 0. The topological polar surface area (TPSA) is 29.4 Å². The Morgan fingerprint density at radius 1 is 1.89 bits per heavy atom. The molecule has 0 heterocycles. The Kier molecular flexibility index (Phi) is 4.44. The van der Waals surface area contributed by atoms with Crippen LogP contribution in [-0.4, -0.2) is 18.4 Å². The molecule has 0 radical (unpaired) electrons. The molecule has 0 amide bonds. The van der Waals surface area contributed by atoms with Crippen LogP contribution in [-0.2, 0) is 4.79 Å². The quantitative estimate of drug-likeness (QED) is 0.352. The standard InChI is InChI=1S/C5H6ClNOS/c1-4(6)9-5(3-8)7-2/h3H,1H2,2H3/b7-5-. The molecule has 0 aliphatic rings. The van der Waals surface area contributed by atoms with Gasteiger partial charge in [0.25, 0.3) is 0 Å². The van der Waals surface area contributed by atoms with E-state index in [1.54, 1.807) is 0 Å². The first-order valence-corrected chi connectivity index (χ1v) is 3.34. The maximum absolute atomic E-state index is 10.0. The number of aliphatic imine (C=N–C) groups is 1. The maximum Gasteiger partial charge on any atom is 0.174 e. The molecule has 0 saturated heterocycles. The highest BCUT2D eigenvalue weighted by Gasteiger charge is 1.96. The van der Waals surface area contributed by atoms with E-state index in [0.29, 0.717) is 15.7 Å². The monoisotopic (exact) mass is 163 g/mol. The van der Waals surface area contributed by atoms with Crippen molar-refractivity contribution in [3.63, 3.8) is 0 Å². The van der Waals surface area contributed by atoms with Gasteiger partial charge in [-0.2, -0.15) is 0 Å². The Morgan fingerprint density at radius 3 is 2.56 bits per heavy atom. The minimum atomic E-state index is 0.343. The summed E-state index contributed by atoms with van der Waals surface area (Å²) in [6.07, 6.45) is 0.637. The summed E-state index contributed by atoms with van der Waals surface area (Å²) in [5.41, 5.74) is 0. The summed E-state index contributed by atoms with van der Waals surface area (Å²) >= 11 is 6.41. The molecule has 0 aliphatic carbocycles. The largest absolute Gasteiger partial charge is 0.296 e. The Balaban J connectivity index is 3.86. The minimum absolute atomic E-state index is 0.343. The van der Waals surface area contributed by atoms with E-state index in [2.05, 4.69) is 11.6 Å². The van der Waals surface area contributed by atoms with Crippen LogP contribution < -0.4 is 0 Å². The molecule has 0 aromatic rings. The van der Waals surface area contributed by atoms with Gasteiger partial charge in [-0.1, -0.05) is 29.9 Å². The molecule has 0 N–H and O–H groups in total. The third-order valence-electron chi connectivity index (χ3n) is 0.537. The van der Waals surface area contributed by atoms with Gasteiger partial charge in [-0.15, -0.1) is 0 Å². The molecule has 2 nitrogen and oxygen atoms in total. The first-order valence-electron chi connectivity index (χ1n) is 2.15. The summed E-state index contributed by atoms with van der Waals surface area (Å²) in [6.45, 7) is 3.38. The van der Waals surface area contributed by atoms with Gasteiger partial charge in [0.1, 0.15) is 5.04 Å². The van der Waals surface area contributed by atoms with Crippen LogP contribution in [0.5, 0.6) is 0 Å². The summed E-state index contributed by atoms with van der Waals surface area (Å²) in [6, 6.07) is 0. The van der Waals surface area contributed by atoms with E-state index in [1.165, 1.54) is 7.05 Å². The van der Waals surface area contributed by atoms with E-state index in [9.17, 15) is 4.79 Å². The van der Waals surface area contributed by atoms with Crippen molar-refractivity contribution >= 4 is 34.7 Å². The van der Waals surface area contributed by atoms with Crippen LogP contribution in [0.1, 0.15) is 0 Å². The van der Waals surface area contributed by atoms with E-state index >= 15 is 0 Å². The van der Waals surface area contributed by atoms with Gasteiger partial charge < -0.3 is 0 Å². The molecule has 0 fully saturated rings. The normalized spacial score (nSPS) is 11.1. The van der Waals surface area contributed by atoms with Crippen LogP contribution in [0, 0.1) is 0 Å². The van der Waals surface area contributed by atoms with Gasteiger partial charge in [0.05, 0.1) is 4.36 Å². The molecule has 0 rings (SSSR count). The van der Waals surface area contributed by atoms with E-state index in [1.807, 2.05) is 0 Å². The first kappa shape index (κ1) is 8.72. The second kappa shape index (κ2) is 4.58. The molecule has 0 bridgehead atoms. The number of carbonyl (C=O) groups is 1. The van der Waals surface area contributed by atoms with Gasteiger partial charge in [-0.25, -0.2) is 0 Å². The average Bonchev–Trinajstić information content (AvgIpc) is 1.82. The average molecular weight is 164 g/mol. The SMILES string of the molecule is C=C(Cl)S/C(C=O)=N\C. The van der Waals surface area contributed by atoms with Crippen LogP contribution >= 0.6 is 23.4 Å². The second-order valence-corrected chi connectivity index (χ2v) is 2.93. The van der Waals surface area contributed by atoms with Gasteiger partial charge in [-0.05, 0) is 0 Å². The molecular formula is C5H6ClNOS. The van der Waals surface area contributed by atoms with Crippen molar-refractivity contribution in [1.29, 1.82) is 0 Å². The zero-order valence-corrected chi connectivity index (χ0v) is 6.50. The number of nitrogens with zero attached hydrogens (tertiary/aromatic N) is 1. The van der Waals surface area contributed by atoms with Crippen LogP contribution in [0.15, 0.2) is 15.9 Å². The molecule has 50 valence electrons. The molecular weight excluding hydrogens is 158 g/mol. The Bertz CT molecular complexity index is 155. The smallest absolute Gasteiger partial charge is 0.174 e. The lowest BCUT2D eigenvalue weighted by Crippen LogP contribution is -1.90. The number of carbonyl (C=O) groups excluding carboxylic acids is 1. The number of rotatable bonds is 2. The van der Waals surface area contributed by atoms with E-state index in [0.717, 1.165) is 11.8 Å². The molecule has 4 heteroatoms. The van der Waals surface area contributed by atoms with Gasteiger partial charge in [0, 0.05) is 7.05 Å². The number of halogens is 1. The summed E-state index contributed by atoms with van der Waals surface area (Å²) in [4.78, 5) is 13.6. The van der Waals surface area contributed by atoms with Crippen LogP contribution in [0.4, 0.5) is 0 Å². The Labute approximate surface area is 63.0 Å². The molecule has 0 unspecified atom stereocenters. The van der Waals surface area contributed by atoms with Crippen LogP contribution in [0.25, 0.3) is 0 Å². The van der Waals surface area contributed by atoms with Crippen LogP contribution in [0.2, 0.25) is 0 Å². The fourth-order valence-electron chi connectivity index (χ4n) is 0.236. The summed E-state index contributed by atoms with van der Waals surface area (Å²) in [7, 11) is 1.52. The van der Waals surface area contributed by atoms with E-state index in [4.69, 9.17) is 11.6 Å². The highest BCUT2D eigenvalue weighted by Crippen LogP contribution is 2.17. The lowest BCUT2D eigenvalue weighted by Gasteiger charge is -1.90. The first-order chi connectivity index (χ1) is 4.20. The molecule has 0 aromatic carbocycles. The van der Waals surface area contributed by atoms with Crippen molar-refractivity contribution in [3.05, 3.63) is 10.9 Å². The molecule has 0 atom stereocenters. The van der Waals surface area contributed by atoms with Crippen molar-refractivity contribution in [2.75, 3.05) is 7.05 Å². The summed E-state index contributed by atoms with van der Waals surface area (Å²) in [5, 5.41) is 0.343. The van der Waals surface area contributed by atoms with Gasteiger partial charge in [-0.3, -0.25) is 9.79 Å². The van der Waals surface area contributed by atoms with Gasteiger partial charge in [0.2, 0.25) is 0 Å². The highest BCUT2D eigenvalue weighted by molar-refractivity contribution is 8.19. The van der Waals surface area contributed by atoms with Crippen LogP contribution in [0.3, 0.4) is 0 Å². The van der Waals surface area contributed by atoms with E-state index in [-0.39, 0.29) is 0 Å². The van der Waals surface area contributed by atoms with Crippen molar-refractivity contribution in [2.45, 2.75) is 0 Å². The lowest BCUT2D eigenvalue weighted by molar-refractivity contribution is -0.102. The van der Waals surface area contributed by atoms with Gasteiger partial charge in [0.15, 0.2) is 6.29 Å². The maximum atomic E-state index is 10.0. The Hall–Kier alpha value is -0.280. The fourth-order valence-corrected chi connectivity index (χ4v) is 0.839. The molecule has 0 saturated carbocycles. The number of aldehydes is 1. The molecule has 0 aliphatic heterocycles. The zero-order chi connectivity index (χ0) is 7.28. The van der Waals surface area contributed by atoms with Crippen molar-refractivity contribution in [1.82, 2.24) is 0 Å². The predicted octanol–water partition coefficient (Wildman–Crippen LogP) is 1.66. The number of hydrogen-bond acceptors (Lipinski definition) is 3. The third-order valence-corrected chi connectivity index (χ3v) is 1.48. The Morgan fingerprint density at radius 2 is 2.44 bits per heavy atom. The zero-order valence-electron chi connectivity index (χ0n) is 4.93. The highest BCUT2D eigenvalue weighted by atomic mass is 35.5. The lowest BCUT2D eigenvalue weighted by atomic mass is 10.8. The van der Waals surface area contributed by atoms with Crippen molar-refractivity contribution in [3.8, 4) is 0 Å². The molecule has 0 aromatic heterocycles. The van der Waals surface area contributed by atoms with Crippen molar-refractivity contribution in [2.24, 2.45) is 4.99 Å². The van der Waals surface area contributed by atoms with Crippen molar-refractivity contribution < 1.29 is 4.79 Å².